The second kappa shape index (κ2) is 6.93. The van der Waals surface area contributed by atoms with Crippen molar-refractivity contribution in [2.24, 2.45) is 5.92 Å². The van der Waals surface area contributed by atoms with Crippen LogP contribution in [0.15, 0.2) is 0 Å². The summed E-state index contributed by atoms with van der Waals surface area (Å²) in [6.07, 6.45) is 3.58. The molecule has 24 heavy (non-hydrogen) atoms. The van der Waals surface area contributed by atoms with Gasteiger partial charge in [-0.1, -0.05) is 0 Å². The Morgan fingerprint density at radius 2 is 1.96 bits per heavy atom. The van der Waals surface area contributed by atoms with Crippen molar-refractivity contribution < 1.29 is 9.59 Å². The van der Waals surface area contributed by atoms with Crippen molar-refractivity contribution in [3.63, 3.8) is 0 Å². The van der Waals surface area contributed by atoms with Gasteiger partial charge in [0, 0.05) is 32.2 Å². The quantitative estimate of drug-likeness (QED) is 0.790. The van der Waals surface area contributed by atoms with Gasteiger partial charge < -0.3 is 15.5 Å². The third-order valence-electron chi connectivity index (χ3n) is 4.95. The molecule has 0 spiro atoms. The minimum absolute atomic E-state index is 0.0718. The van der Waals surface area contributed by atoms with E-state index in [-0.39, 0.29) is 6.04 Å². The molecule has 0 radical (unpaired) electrons. The van der Waals surface area contributed by atoms with E-state index in [0.29, 0.717) is 5.69 Å². The monoisotopic (exact) mass is 333 g/mol. The molecule has 0 aromatic carbocycles. The lowest BCUT2D eigenvalue weighted by Crippen LogP contribution is -2.43. The molecule has 1 aliphatic carbocycles. The molecule has 7 heteroatoms. The highest BCUT2D eigenvalue weighted by atomic mass is 16.2. The molecule has 1 aromatic heterocycles. The van der Waals surface area contributed by atoms with Crippen LogP contribution in [0.4, 0.5) is 5.69 Å². The summed E-state index contributed by atoms with van der Waals surface area (Å²) in [5.74, 6) is -0.322. The van der Waals surface area contributed by atoms with Crippen LogP contribution in [-0.2, 0) is 16.1 Å². The lowest BCUT2D eigenvalue weighted by molar-refractivity contribution is -0.136. The van der Waals surface area contributed by atoms with Gasteiger partial charge in [0.05, 0.1) is 17.1 Å². The molecule has 2 heterocycles. The van der Waals surface area contributed by atoms with Gasteiger partial charge in [-0.3, -0.25) is 14.3 Å². The summed E-state index contributed by atoms with van der Waals surface area (Å²) in [4.78, 5) is 26.8. The van der Waals surface area contributed by atoms with Gasteiger partial charge in [-0.15, -0.1) is 0 Å². The van der Waals surface area contributed by atoms with Crippen molar-refractivity contribution in [2.45, 2.75) is 52.6 Å². The number of nitrogens with one attached hydrogen (secondary N) is 2. The SMILES string of the molecule is CCn1nc(C)c(NC(=O)C(=O)N[C@@H]2CCN(CC3CC3)C2)c1C. The van der Waals surface area contributed by atoms with Crippen molar-refractivity contribution >= 4 is 17.5 Å². The Labute approximate surface area is 142 Å². The Bertz CT molecular complexity index is 635. The molecule has 0 bridgehead atoms. The molecule has 2 N–H and O–H groups in total. The van der Waals surface area contributed by atoms with Crippen molar-refractivity contribution in [3.05, 3.63) is 11.4 Å². The normalized spacial score (nSPS) is 21.0. The maximum absolute atomic E-state index is 12.2. The number of likely N-dealkylation sites (tertiary alicyclic amines) is 1. The Balaban J connectivity index is 1.52. The Morgan fingerprint density at radius 1 is 1.21 bits per heavy atom. The van der Waals surface area contributed by atoms with Crippen LogP contribution in [0.2, 0.25) is 0 Å². The fourth-order valence-corrected chi connectivity index (χ4v) is 3.39. The van der Waals surface area contributed by atoms with Crippen LogP contribution in [0.1, 0.15) is 37.6 Å². The zero-order valence-corrected chi connectivity index (χ0v) is 14.8. The van der Waals surface area contributed by atoms with Gasteiger partial charge in [-0.2, -0.15) is 5.10 Å². The first-order chi connectivity index (χ1) is 11.5. The van der Waals surface area contributed by atoms with Crippen LogP contribution in [0.3, 0.4) is 0 Å². The molecule has 0 unspecified atom stereocenters. The van der Waals surface area contributed by atoms with Crippen molar-refractivity contribution in [1.29, 1.82) is 0 Å². The van der Waals surface area contributed by atoms with Crippen molar-refractivity contribution in [2.75, 3.05) is 25.0 Å². The fraction of sp³-hybridized carbons (Fsp3) is 0.706. The highest BCUT2D eigenvalue weighted by molar-refractivity contribution is 6.39. The molecule has 1 atom stereocenters. The number of rotatable bonds is 5. The van der Waals surface area contributed by atoms with Crippen LogP contribution in [0, 0.1) is 19.8 Å². The largest absolute Gasteiger partial charge is 0.344 e. The molecule has 2 fully saturated rings. The summed E-state index contributed by atoms with van der Waals surface area (Å²) < 4.78 is 1.82. The van der Waals surface area contributed by atoms with Gasteiger partial charge in [0.15, 0.2) is 0 Å². The minimum atomic E-state index is -0.613. The van der Waals surface area contributed by atoms with Gasteiger partial charge in [0.1, 0.15) is 0 Å². The van der Waals surface area contributed by atoms with E-state index in [1.807, 2.05) is 25.5 Å². The molecule has 132 valence electrons. The number of aryl methyl sites for hydroxylation is 2. The molecule has 1 aliphatic heterocycles. The lowest BCUT2D eigenvalue weighted by atomic mass is 10.2. The number of anilines is 1. The van der Waals surface area contributed by atoms with Crippen LogP contribution < -0.4 is 10.6 Å². The predicted octanol–water partition coefficient (Wildman–Crippen LogP) is 1.06. The minimum Gasteiger partial charge on any atom is -0.344 e. The molecule has 1 aromatic rings. The van der Waals surface area contributed by atoms with Crippen molar-refractivity contribution in [3.8, 4) is 0 Å². The van der Waals surface area contributed by atoms with E-state index in [1.54, 1.807) is 0 Å². The number of aromatic nitrogens is 2. The maximum Gasteiger partial charge on any atom is 0.313 e. The third kappa shape index (κ3) is 3.77. The maximum atomic E-state index is 12.2. The van der Waals surface area contributed by atoms with Crippen LogP contribution in [0.25, 0.3) is 0 Å². The first-order valence-electron chi connectivity index (χ1n) is 8.86. The predicted molar refractivity (Wildman–Crippen MR) is 91.7 cm³/mol. The van der Waals surface area contributed by atoms with E-state index in [0.717, 1.165) is 49.9 Å². The first kappa shape index (κ1) is 17.0. The van der Waals surface area contributed by atoms with E-state index < -0.39 is 11.8 Å². The number of carbonyl (C=O) groups excluding carboxylic acids is 2. The van der Waals surface area contributed by atoms with E-state index in [2.05, 4.69) is 20.6 Å². The summed E-state index contributed by atoms with van der Waals surface area (Å²) in [5.41, 5.74) is 2.23. The number of hydrogen-bond donors (Lipinski definition) is 2. The highest BCUT2D eigenvalue weighted by Crippen LogP contribution is 2.30. The summed E-state index contributed by atoms with van der Waals surface area (Å²) in [5, 5.41) is 9.93. The molecule has 1 saturated heterocycles. The summed E-state index contributed by atoms with van der Waals surface area (Å²) in [7, 11) is 0. The standard InChI is InChI=1S/C17H27N5O2/c1-4-22-12(3)15(11(2)20-22)19-17(24)16(23)18-14-7-8-21(10-14)9-13-5-6-13/h13-14H,4-10H2,1-3H3,(H,18,23)(H,19,24)/t14-/m1/s1. The molecule has 3 rings (SSSR count). The van der Waals surface area contributed by atoms with Gasteiger partial charge in [0.2, 0.25) is 0 Å². The molecular weight excluding hydrogens is 306 g/mol. The van der Waals surface area contributed by atoms with Gasteiger partial charge in [-0.05, 0) is 46.0 Å². The van der Waals surface area contributed by atoms with Crippen LogP contribution in [0.5, 0.6) is 0 Å². The molecule has 7 nitrogen and oxygen atoms in total. The summed E-state index contributed by atoms with van der Waals surface area (Å²) in [6, 6.07) is 0.0718. The third-order valence-corrected chi connectivity index (χ3v) is 4.95. The number of hydrogen-bond acceptors (Lipinski definition) is 4. The van der Waals surface area contributed by atoms with Gasteiger partial charge in [-0.25, -0.2) is 0 Å². The first-order valence-corrected chi connectivity index (χ1v) is 8.86. The molecular formula is C17H27N5O2. The summed E-state index contributed by atoms with van der Waals surface area (Å²) >= 11 is 0. The Morgan fingerprint density at radius 3 is 2.58 bits per heavy atom. The van der Waals surface area contributed by atoms with Gasteiger partial charge >= 0.3 is 11.8 Å². The molecule has 2 amide bonds. The Kier molecular flexibility index (Phi) is 4.89. The van der Waals surface area contributed by atoms with Crippen LogP contribution in [-0.4, -0.2) is 52.2 Å². The molecule has 2 aliphatic rings. The second-order valence-corrected chi connectivity index (χ2v) is 6.98. The van der Waals surface area contributed by atoms with E-state index >= 15 is 0 Å². The topological polar surface area (TPSA) is 79.3 Å². The van der Waals surface area contributed by atoms with E-state index in [4.69, 9.17) is 0 Å². The second-order valence-electron chi connectivity index (χ2n) is 6.98. The van der Waals surface area contributed by atoms with Gasteiger partial charge in [0.25, 0.3) is 0 Å². The highest BCUT2D eigenvalue weighted by Gasteiger charge is 2.30. The number of nitrogens with zero attached hydrogens (tertiary/aromatic N) is 3. The Hall–Kier alpha value is -1.89. The molecule has 1 saturated carbocycles. The fourth-order valence-electron chi connectivity index (χ4n) is 3.39. The average molecular weight is 333 g/mol. The smallest absolute Gasteiger partial charge is 0.313 e. The summed E-state index contributed by atoms with van der Waals surface area (Å²) in [6.45, 7) is 9.43. The van der Waals surface area contributed by atoms with E-state index in [1.165, 1.54) is 12.8 Å². The number of carbonyl (C=O) groups is 2. The lowest BCUT2D eigenvalue weighted by Gasteiger charge is -2.16. The average Bonchev–Trinajstić information content (AvgIpc) is 3.19. The number of amides is 2. The zero-order chi connectivity index (χ0) is 17.3. The van der Waals surface area contributed by atoms with Crippen LogP contribution >= 0.6 is 0 Å². The van der Waals surface area contributed by atoms with E-state index in [9.17, 15) is 9.59 Å². The zero-order valence-electron chi connectivity index (χ0n) is 14.8. The van der Waals surface area contributed by atoms with Crippen molar-refractivity contribution in [1.82, 2.24) is 20.0 Å².